The number of aromatic nitrogens is 4. The van der Waals surface area contributed by atoms with Gasteiger partial charge in [-0.25, -0.2) is 0 Å². The first-order valence-electron chi connectivity index (χ1n) is 8.51. The lowest BCUT2D eigenvalue weighted by molar-refractivity contribution is -0.127. The number of nitrogens with one attached hydrogen (secondary N) is 2. The van der Waals surface area contributed by atoms with Crippen molar-refractivity contribution in [2.75, 3.05) is 13.1 Å². The third-order valence-corrected chi connectivity index (χ3v) is 4.29. The van der Waals surface area contributed by atoms with Crippen molar-refractivity contribution in [1.29, 1.82) is 0 Å². The topological polar surface area (TPSA) is 84.7 Å². The zero-order chi connectivity index (χ0) is 16.9. The molecule has 1 atom stereocenters. The number of hydrogen-bond donors (Lipinski definition) is 2. The summed E-state index contributed by atoms with van der Waals surface area (Å²) in [4.78, 5) is 14.2. The molecule has 136 valence electrons. The second kappa shape index (κ2) is 8.92. The molecular formula is C17H25ClN6O. The van der Waals surface area contributed by atoms with Crippen molar-refractivity contribution in [3.8, 4) is 11.4 Å². The minimum absolute atomic E-state index is 0. The summed E-state index contributed by atoms with van der Waals surface area (Å²) in [5, 5.41) is 19.1. The number of nitrogens with zero attached hydrogens (tertiary/aromatic N) is 4. The number of carbonyl (C=O) groups is 1. The van der Waals surface area contributed by atoms with Crippen molar-refractivity contribution in [1.82, 2.24) is 30.8 Å². The molecule has 25 heavy (non-hydrogen) atoms. The number of halogens is 1. The largest absolute Gasteiger partial charge is 0.351 e. The Morgan fingerprint density at radius 2 is 1.92 bits per heavy atom. The maximum Gasteiger partial charge on any atom is 0.247 e. The van der Waals surface area contributed by atoms with Crippen LogP contribution in [0.2, 0.25) is 0 Å². The molecule has 1 amide bonds. The average Bonchev–Trinajstić information content (AvgIpc) is 3.06. The van der Waals surface area contributed by atoms with Crippen LogP contribution in [0.4, 0.5) is 0 Å². The van der Waals surface area contributed by atoms with E-state index in [4.69, 9.17) is 0 Å². The molecule has 1 saturated heterocycles. The summed E-state index contributed by atoms with van der Waals surface area (Å²) in [6.45, 7) is 5.88. The van der Waals surface area contributed by atoms with Crippen molar-refractivity contribution in [3.63, 3.8) is 0 Å². The number of benzene rings is 1. The monoisotopic (exact) mass is 364 g/mol. The van der Waals surface area contributed by atoms with Gasteiger partial charge in [-0.2, -0.15) is 4.80 Å². The highest BCUT2D eigenvalue weighted by Crippen LogP contribution is 2.19. The SMILES string of the molecule is CC(C)C(C(=O)NC1CCNCC1)n1nnc(-c2ccccc2)n1.Cl. The Morgan fingerprint density at radius 1 is 1.24 bits per heavy atom. The van der Waals surface area contributed by atoms with E-state index in [1.54, 1.807) is 0 Å². The lowest BCUT2D eigenvalue weighted by Gasteiger charge is -2.26. The van der Waals surface area contributed by atoms with E-state index in [1.807, 2.05) is 44.2 Å². The molecule has 0 saturated carbocycles. The lowest BCUT2D eigenvalue weighted by atomic mass is 10.0. The molecule has 7 nitrogen and oxygen atoms in total. The normalized spacial score (nSPS) is 16.3. The first kappa shape index (κ1) is 19.3. The third kappa shape index (κ3) is 4.76. The highest BCUT2D eigenvalue weighted by atomic mass is 35.5. The Labute approximate surface area is 154 Å². The van der Waals surface area contributed by atoms with Gasteiger partial charge >= 0.3 is 0 Å². The third-order valence-electron chi connectivity index (χ3n) is 4.29. The van der Waals surface area contributed by atoms with Crippen LogP contribution < -0.4 is 10.6 Å². The van der Waals surface area contributed by atoms with Gasteiger partial charge in [0.05, 0.1) is 0 Å². The van der Waals surface area contributed by atoms with Crippen molar-refractivity contribution < 1.29 is 4.79 Å². The summed E-state index contributed by atoms with van der Waals surface area (Å²) in [6.07, 6.45) is 1.91. The molecular weight excluding hydrogens is 340 g/mol. The van der Waals surface area contributed by atoms with Crippen LogP contribution in [0, 0.1) is 5.92 Å². The van der Waals surface area contributed by atoms with Gasteiger partial charge in [0, 0.05) is 11.6 Å². The zero-order valence-electron chi connectivity index (χ0n) is 14.6. The maximum atomic E-state index is 12.7. The molecule has 3 rings (SSSR count). The fraction of sp³-hybridized carbons (Fsp3) is 0.529. The van der Waals surface area contributed by atoms with Crippen LogP contribution in [0.1, 0.15) is 32.7 Å². The van der Waals surface area contributed by atoms with Gasteiger partial charge < -0.3 is 10.6 Å². The van der Waals surface area contributed by atoms with Gasteiger partial charge in [0.25, 0.3) is 0 Å². The van der Waals surface area contributed by atoms with E-state index in [2.05, 4.69) is 26.0 Å². The molecule has 1 aromatic carbocycles. The van der Waals surface area contributed by atoms with E-state index in [-0.39, 0.29) is 30.3 Å². The Bertz CT molecular complexity index is 669. The second-order valence-electron chi connectivity index (χ2n) is 6.52. The number of carbonyl (C=O) groups excluding carboxylic acids is 1. The van der Waals surface area contributed by atoms with Crippen LogP contribution in [-0.2, 0) is 4.79 Å². The van der Waals surface area contributed by atoms with Gasteiger partial charge in [-0.05, 0) is 37.1 Å². The van der Waals surface area contributed by atoms with Crippen molar-refractivity contribution in [2.24, 2.45) is 5.92 Å². The second-order valence-corrected chi connectivity index (χ2v) is 6.52. The lowest BCUT2D eigenvalue weighted by Crippen LogP contribution is -2.46. The molecule has 0 spiro atoms. The molecule has 2 N–H and O–H groups in total. The molecule has 2 aromatic rings. The van der Waals surface area contributed by atoms with E-state index in [0.717, 1.165) is 31.5 Å². The van der Waals surface area contributed by atoms with E-state index < -0.39 is 6.04 Å². The summed E-state index contributed by atoms with van der Waals surface area (Å²) >= 11 is 0. The van der Waals surface area contributed by atoms with E-state index >= 15 is 0 Å². The minimum Gasteiger partial charge on any atom is -0.351 e. The van der Waals surface area contributed by atoms with Gasteiger partial charge in [0.1, 0.15) is 0 Å². The van der Waals surface area contributed by atoms with Gasteiger partial charge in [-0.1, -0.05) is 44.2 Å². The number of amides is 1. The molecule has 1 unspecified atom stereocenters. The number of piperidine rings is 1. The van der Waals surface area contributed by atoms with Gasteiger partial charge in [0.15, 0.2) is 6.04 Å². The van der Waals surface area contributed by atoms with E-state index in [9.17, 15) is 4.79 Å². The molecule has 0 bridgehead atoms. The quantitative estimate of drug-likeness (QED) is 0.845. The Balaban J connectivity index is 0.00000225. The molecule has 8 heteroatoms. The van der Waals surface area contributed by atoms with Crippen LogP contribution in [0.5, 0.6) is 0 Å². The van der Waals surface area contributed by atoms with Crippen LogP contribution in [-0.4, -0.2) is 45.2 Å². The fourth-order valence-corrected chi connectivity index (χ4v) is 2.97. The van der Waals surface area contributed by atoms with Crippen molar-refractivity contribution in [2.45, 2.75) is 38.8 Å². The van der Waals surface area contributed by atoms with Crippen LogP contribution in [0.3, 0.4) is 0 Å². The first-order chi connectivity index (χ1) is 11.6. The molecule has 0 radical (unpaired) electrons. The predicted octanol–water partition coefficient (Wildman–Crippen LogP) is 1.83. The summed E-state index contributed by atoms with van der Waals surface area (Å²) in [6, 6.07) is 9.43. The highest BCUT2D eigenvalue weighted by molar-refractivity contribution is 5.85. The summed E-state index contributed by atoms with van der Waals surface area (Å²) in [5.74, 6) is 0.578. The molecule has 1 aliphatic heterocycles. The summed E-state index contributed by atoms with van der Waals surface area (Å²) in [5.41, 5.74) is 0.894. The molecule has 0 aliphatic carbocycles. The smallest absolute Gasteiger partial charge is 0.247 e. The van der Waals surface area contributed by atoms with Gasteiger partial charge in [-0.3, -0.25) is 4.79 Å². The molecule has 2 heterocycles. The van der Waals surface area contributed by atoms with Crippen LogP contribution >= 0.6 is 12.4 Å². The predicted molar refractivity (Wildman–Crippen MR) is 98.4 cm³/mol. The maximum absolute atomic E-state index is 12.7. The minimum atomic E-state index is -0.454. The number of tetrazole rings is 1. The Hall–Kier alpha value is -1.99. The standard InChI is InChI=1S/C17H24N6O.ClH/c1-12(2)15(17(24)19-14-8-10-18-11-9-14)23-21-16(20-22-23)13-6-4-3-5-7-13;/h3-7,12,14-15,18H,8-11H2,1-2H3,(H,19,24);1H. The Morgan fingerprint density at radius 3 is 2.56 bits per heavy atom. The zero-order valence-corrected chi connectivity index (χ0v) is 15.4. The molecule has 1 fully saturated rings. The molecule has 1 aliphatic rings. The average molecular weight is 365 g/mol. The summed E-state index contributed by atoms with van der Waals surface area (Å²) < 4.78 is 0. The first-order valence-corrected chi connectivity index (χ1v) is 8.51. The Kier molecular flexibility index (Phi) is 6.90. The fourth-order valence-electron chi connectivity index (χ4n) is 2.97. The van der Waals surface area contributed by atoms with Gasteiger partial charge in [-0.15, -0.1) is 22.6 Å². The summed E-state index contributed by atoms with van der Waals surface area (Å²) in [7, 11) is 0. The van der Waals surface area contributed by atoms with Gasteiger partial charge in [0.2, 0.25) is 11.7 Å². The van der Waals surface area contributed by atoms with Crippen molar-refractivity contribution in [3.05, 3.63) is 30.3 Å². The number of hydrogen-bond acceptors (Lipinski definition) is 5. The van der Waals surface area contributed by atoms with Crippen LogP contribution in [0.25, 0.3) is 11.4 Å². The van der Waals surface area contributed by atoms with Crippen molar-refractivity contribution >= 4 is 18.3 Å². The van der Waals surface area contributed by atoms with Crippen LogP contribution in [0.15, 0.2) is 30.3 Å². The molecule has 1 aromatic heterocycles. The number of rotatable bonds is 5. The van der Waals surface area contributed by atoms with E-state index in [1.165, 1.54) is 4.80 Å². The van der Waals surface area contributed by atoms with E-state index in [0.29, 0.717) is 5.82 Å². The highest BCUT2D eigenvalue weighted by Gasteiger charge is 2.29.